The molecule has 0 atom stereocenters. The lowest BCUT2D eigenvalue weighted by molar-refractivity contribution is 0.0693. The van der Waals surface area contributed by atoms with Gasteiger partial charge in [-0.15, -0.1) is 0 Å². The van der Waals surface area contributed by atoms with Gasteiger partial charge in [0.1, 0.15) is 17.1 Å². The van der Waals surface area contributed by atoms with Gasteiger partial charge in [0.05, 0.1) is 24.6 Å². The quantitative estimate of drug-likeness (QED) is 0.901. The second-order valence-corrected chi connectivity index (χ2v) is 4.00. The number of amides is 1. The van der Waals surface area contributed by atoms with Crippen molar-refractivity contribution in [2.24, 2.45) is 0 Å². The van der Waals surface area contributed by atoms with Crippen LogP contribution in [0.15, 0.2) is 36.7 Å². The molecule has 7 heteroatoms. The van der Waals surface area contributed by atoms with E-state index >= 15 is 0 Å². The third-order valence-corrected chi connectivity index (χ3v) is 2.72. The Hall–Kier alpha value is -2.96. The van der Waals surface area contributed by atoms with Crippen molar-refractivity contribution in [1.82, 2.24) is 4.98 Å². The Kier molecular flexibility index (Phi) is 4.13. The molecule has 0 fully saturated rings. The van der Waals surface area contributed by atoms with Crippen LogP contribution in [-0.2, 0) is 0 Å². The Morgan fingerprint density at radius 1 is 1.33 bits per heavy atom. The van der Waals surface area contributed by atoms with Crippen LogP contribution in [0.25, 0.3) is 0 Å². The monoisotopic (exact) mass is 290 g/mol. The molecule has 1 amide bonds. The average Bonchev–Trinajstić information content (AvgIpc) is 2.46. The normalized spacial score (nSPS) is 10.0. The van der Waals surface area contributed by atoms with Crippen LogP contribution in [0.2, 0.25) is 0 Å². The molecule has 6 nitrogen and oxygen atoms in total. The summed E-state index contributed by atoms with van der Waals surface area (Å²) < 4.78 is 18.5. The highest BCUT2D eigenvalue weighted by atomic mass is 19.1. The molecule has 0 saturated heterocycles. The number of pyridine rings is 1. The maximum atomic E-state index is 13.5. The standard InChI is InChI=1S/C14H11FN2O4/c1-21-11-7-16-6-5-8(11)13(18)17-10-4-2-3-9(15)12(10)14(19)20/h2-7H,1H3,(H,17,18)(H,19,20). The second-order valence-electron chi connectivity index (χ2n) is 4.00. The molecule has 1 aromatic heterocycles. The third kappa shape index (κ3) is 2.97. The Morgan fingerprint density at radius 2 is 2.10 bits per heavy atom. The van der Waals surface area contributed by atoms with E-state index in [1.54, 1.807) is 0 Å². The topological polar surface area (TPSA) is 88.5 Å². The smallest absolute Gasteiger partial charge is 0.340 e. The number of halogens is 1. The number of rotatable bonds is 4. The molecule has 0 aliphatic heterocycles. The number of carbonyl (C=O) groups excluding carboxylic acids is 1. The molecular formula is C14H11FN2O4. The minimum absolute atomic E-state index is 0.133. The lowest BCUT2D eigenvalue weighted by Crippen LogP contribution is -2.16. The molecule has 108 valence electrons. The Bertz CT molecular complexity index is 703. The summed E-state index contributed by atoms with van der Waals surface area (Å²) in [6.45, 7) is 0. The number of benzene rings is 1. The van der Waals surface area contributed by atoms with Crippen LogP contribution >= 0.6 is 0 Å². The van der Waals surface area contributed by atoms with E-state index < -0.39 is 23.3 Å². The molecule has 0 bridgehead atoms. The van der Waals surface area contributed by atoms with Crippen molar-refractivity contribution < 1.29 is 23.8 Å². The number of carboxylic acids is 1. The van der Waals surface area contributed by atoms with E-state index in [4.69, 9.17) is 9.84 Å². The number of hydrogen-bond acceptors (Lipinski definition) is 4. The minimum Gasteiger partial charge on any atom is -0.494 e. The van der Waals surface area contributed by atoms with E-state index in [0.717, 1.165) is 6.07 Å². The van der Waals surface area contributed by atoms with E-state index in [-0.39, 0.29) is 17.0 Å². The molecule has 21 heavy (non-hydrogen) atoms. The largest absolute Gasteiger partial charge is 0.494 e. The fourth-order valence-corrected chi connectivity index (χ4v) is 1.77. The SMILES string of the molecule is COc1cnccc1C(=O)Nc1cccc(F)c1C(=O)O. The molecule has 0 radical (unpaired) electrons. The van der Waals surface area contributed by atoms with Crippen LogP contribution in [0.3, 0.4) is 0 Å². The summed E-state index contributed by atoms with van der Waals surface area (Å²) in [5.74, 6) is -2.79. The number of nitrogens with one attached hydrogen (secondary N) is 1. The number of aromatic nitrogens is 1. The van der Waals surface area contributed by atoms with Gasteiger partial charge < -0.3 is 15.2 Å². The van der Waals surface area contributed by atoms with E-state index in [1.807, 2.05) is 0 Å². The zero-order chi connectivity index (χ0) is 15.4. The van der Waals surface area contributed by atoms with Crippen molar-refractivity contribution in [2.75, 3.05) is 12.4 Å². The number of carbonyl (C=O) groups is 2. The Morgan fingerprint density at radius 3 is 2.76 bits per heavy atom. The van der Waals surface area contributed by atoms with Gasteiger partial charge in [0.2, 0.25) is 0 Å². The van der Waals surface area contributed by atoms with Gasteiger partial charge in [0.15, 0.2) is 0 Å². The molecular weight excluding hydrogens is 279 g/mol. The molecule has 0 aliphatic carbocycles. The summed E-state index contributed by atoms with van der Waals surface area (Å²) in [6, 6.07) is 5.03. The van der Waals surface area contributed by atoms with Crippen molar-refractivity contribution >= 4 is 17.6 Å². The molecule has 0 saturated carbocycles. The van der Waals surface area contributed by atoms with Gasteiger partial charge in [-0.25, -0.2) is 9.18 Å². The van der Waals surface area contributed by atoms with Crippen molar-refractivity contribution in [3.8, 4) is 5.75 Å². The van der Waals surface area contributed by atoms with Crippen molar-refractivity contribution in [3.63, 3.8) is 0 Å². The van der Waals surface area contributed by atoms with Gasteiger partial charge in [0.25, 0.3) is 5.91 Å². The number of methoxy groups -OCH3 is 1. The predicted molar refractivity (Wildman–Crippen MR) is 72.1 cm³/mol. The van der Waals surface area contributed by atoms with Crippen molar-refractivity contribution in [3.05, 3.63) is 53.6 Å². The van der Waals surface area contributed by atoms with Gasteiger partial charge in [-0.05, 0) is 18.2 Å². The molecule has 1 heterocycles. The van der Waals surface area contributed by atoms with E-state index in [1.165, 1.54) is 37.7 Å². The summed E-state index contributed by atoms with van der Waals surface area (Å²) in [6.07, 6.45) is 2.74. The van der Waals surface area contributed by atoms with Crippen LogP contribution in [-0.4, -0.2) is 29.1 Å². The maximum absolute atomic E-state index is 13.5. The third-order valence-electron chi connectivity index (χ3n) is 2.72. The minimum atomic E-state index is -1.47. The summed E-state index contributed by atoms with van der Waals surface area (Å²) in [7, 11) is 1.37. The van der Waals surface area contributed by atoms with Crippen molar-refractivity contribution in [2.45, 2.75) is 0 Å². The molecule has 1 aromatic carbocycles. The highest BCUT2D eigenvalue weighted by Crippen LogP contribution is 2.22. The molecule has 0 spiro atoms. The molecule has 0 unspecified atom stereocenters. The molecule has 2 rings (SSSR count). The lowest BCUT2D eigenvalue weighted by Gasteiger charge is -2.11. The average molecular weight is 290 g/mol. The number of aromatic carboxylic acids is 1. The fourth-order valence-electron chi connectivity index (χ4n) is 1.77. The first-order valence-electron chi connectivity index (χ1n) is 5.85. The number of carboxylic acid groups (broad SMARTS) is 1. The highest BCUT2D eigenvalue weighted by molar-refractivity contribution is 6.09. The summed E-state index contributed by atoms with van der Waals surface area (Å²) >= 11 is 0. The van der Waals surface area contributed by atoms with E-state index in [0.29, 0.717) is 0 Å². The van der Waals surface area contributed by atoms with Gasteiger partial charge in [-0.1, -0.05) is 6.07 Å². The Balaban J connectivity index is 2.37. The van der Waals surface area contributed by atoms with Gasteiger partial charge >= 0.3 is 5.97 Å². The number of ether oxygens (including phenoxy) is 1. The highest BCUT2D eigenvalue weighted by Gasteiger charge is 2.19. The molecule has 0 aliphatic rings. The zero-order valence-corrected chi connectivity index (χ0v) is 11.0. The summed E-state index contributed by atoms with van der Waals surface area (Å²) in [4.78, 5) is 27.0. The first-order valence-corrected chi connectivity index (χ1v) is 5.85. The van der Waals surface area contributed by atoms with Crippen LogP contribution < -0.4 is 10.1 Å². The van der Waals surface area contributed by atoms with Crippen LogP contribution in [0.4, 0.5) is 10.1 Å². The second kappa shape index (κ2) is 6.00. The summed E-state index contributed by atoms with van der Waals surface area (Å²) in [5.41, 5.74) is -0.571. The predicted octanol–water partition coefficient (Wildman–Crippen LogP) is 2.18. The van der Waals surface area contributed by atoms with Crippen molar-refractivity contribution in [1.29, 1.82) is 0 Å². The van der Waals surface area contributed by atoms with Crippen LogP contribution in [0.5, 0.6) is 5.75 Å². The number of nitrogens with zero attached hydrogens (tertiary/aromatic N) is 1. The zero-order valence-electron chi connectivity index (χ0n) is 11.0. The van der Waals surface area contributed by atoms with Crippen LogP contribution in [0.1, 0.15) is 20.7 Å². The lowest BCUT2D eigenvalue weighted by atomic mass is 10.1. The molecule has 2 N–H and O–H groups in total. The number of hydrogen-bond donors (Lipinski definition) is 2. The van der Waals surface area contributed by atoms with Gasteiger partial charge in [-0.3, -0.25) is 9.78 Å². The maximum Gasteiger partial charge on any atom is 0.340 e. The number of anilines is 1. The summed E-state index contributed by atoms with van der Waals surface area (Å²) in [5, 5.41) is 11.4. The first kappa shape index (κ1) is 14.4. The van der Waals surface area contributed by atoms with Gasteiger partial charge in [0, 0.05) is 6.20 Å². The first-order chi connectivity index (χ1) is 10.0. The van der Waals surface area contributed by atoms with Crippen LogP contribution in [0, 0.1) is 5.82 Å². The molecule has 2 aromatic rings. The van der Waals surface area contributed by atoms with E-state index in [9.17, 15) is 14.0 Å². The fraction of sp³-hybridized carbons (Fsp3) is 0.0714. The Labute approximate surface area is 119 Å². The van der Waals surface area contributed by atoms with E-state index in [2.05, 4.69) is 10.3 Å². The van der Waals surface area contributed by atoms with Gasteiger partial charge in [-0.2, -0.15) is 0 Å².